The lowest BCUT2D eigenvalue weighted by Crippen LogP contribution is -2.50. The van der Waals surface area contributed by atoms with E-state index < -0.39 is 29.3 Å². The Morgan fingerprint density at radius 3 is 2.36 bits per heavy atom. The van der Waals surface area contributed by atoms with Crippen LogP contribution in [-0.2, 0) is 11.0 Å². The summed E-state index contributed by atoms with van der Waals surface area (Å²) in [5.41, 5.74) is -1.92. The van der Waals surface area contributed by atoms with Gasteiger partial charge in [0, 0.05) is 7.05 Å². The Hall–Kier alpha value is -4.42. The number of aromatic nitrogens is 3. The molecule has 0 unspecified atom stereocenters. The summed E-state index contributed by atoms with van der Waals surface area (Å²) in [6, 6.07) is 6.53. The van der Waals surface area contributed by atoms with Crippen molar-refractivity contribution in [1.82, 2.24) is 20.3 Å². The highest BCUT2D eigenvalue weighted by molar-refractivity contribution is 6.03. The number of likely N-dealkylation sites (N-methyl/N-ethyl adjacent to an activating group) is 1. The van der Waals surface area contributed by atoms with Gasteiger partial charge in [0.1, 0.15) is 23.4 Å². The van der Waals surface area contributed by atoms with E-state index in [0.29, 0.717) is 12.8 Å². The maximum Gasteiger partial charge on any atom is 0.418 e. The first-order valence-corrected chi connectivity index (χ1v) is 10.6. The summed E-state index contributed by atoms with van der Waals surface area (Å²) >= 11 is 0. The fourth-order valence-electron chi connectivity index (χ4n) is 3.42. The van der Waals surface area contributed by atoms with Gasteiger partial charge >= 0.3 is 12.3 Å². The van der Waals surface area contributed by atoms with E-state index in [-0.39, 0.29) is 28.7 Å². The smallest absolute Gasteiger partial charge is 0.418 e. The largest absolute Gasteiger partial charge is 0.497 e. The van der Waals surface area contributed by atoms with Crippen molar-refractivity contribution in [2.45, 2.75) is 24.6 Å². The second-order valence-corrected chi connectivity index (χ2v) is 7.97. The predicted molar refractivity (Wildman–Crippen MR) is 122 cm³/mol. The number of carbonyl (C=O) groups is 2. The van der Waals surface area contributed by atoms with E-state index in [9.17, 15) is 22.8 Å². The zero-order valence-electron chi connectivity index (χ0n) is 19.2. The molecule has 1 aromatic carbocycles. The van der Waals surface area contributed by atoms with Crippen LogP contribution in [0.1, 0.15) is 18.4 Å². The molecule has 2 amide bonds. The average Bonchev–Trinajstić information content (AvgIpc) is 3.64. The minimum absolute atomic E-state index is 0.0742. The molecule has 2 aromatic heterocycles. The van der Waals surface area contributed by atoms with Crippen molar-refractivity contribution in [2.24, 2.45) is 0 Å². The molecule has 0 aliphatic heterocycles. The molecule has 4 rings (SSSR count). The molecule has 1 aliphatic rings. The van der Waals surface area contributed by atoms with Crippen LogP contribution in [0.15, 0.2) is 55.2 Å². The molecule has 1 aliphatic carbocycles. The molecule has 10 nitrogen and oxygen atoms in total. The molecule has 0 spiro atoms. The van der Waals surface area contributed by atoms with Crippen molar-refractivity contribution >= 4 is 29.2 Å². The van der Waals surface area contributed by atoms with Crippen LogP contribution < -0.4 is 25.0 Å². The normalized spacial score (nSPS) is 13.9. The molecule has 1 fully saturated rings. The second-order valence-electron chi connectivity index (χ2n) is 7.97. The Kier molecular flexibility index (Phi) is 6.64. The molecule has 1 saturated carbocycles. The quantitative estimate of drug-likeness (QED) is 0.499. The molecule has 188 valence electrons. The number of halogens is 3. The minimum Gasteiger partial charge on any atom is -0.497 e. The number of alkyl halides is 3. The first kappa shape index (κ1) is 24.7. The van der Waals surface area contributed by atoms with Gasteiger partial charge in [-0.05, 0) is 43.2 Å². The van der Waals surface area contributed by atoms with Crippen LogP contribution in [0.2, 0.25) is 0 Å². The average molecular weight is 502 g/mol. The van der Waals surface area contributed by atoms with Gasteiger partial charge in [0.05, 0.1) is 42.6 Å². The van der Waals surface area contributed by atoms with Crippen molar-refractivity contribution in [3.05, 3.63) is 60.8 Å². The first-order valence-electron chi connectivity index (χ1n) is 10.6. The van der Waals surface area contributed by atoms with Crippen molar-refractivity contribution in [3.8, 4) is 11.5 Å². The second kappa shape index (κ2) is 9.68. The lowest BCUT2D eigenvalue weighted by Gasteiger charge is -2.23. The van der Waals surface area contributed by atoms with Crippen LogP contribution in [0.25, 0.3) is 0 Å². The summed E-state index contributed by atoms with van der Waals surface area (Å²) in [5, 5.41) is 5.27. The Morgan fingerprint density at radius 1 is 1.06 bits per heavy atom. The highest BCUT2D eigenvalue weighted by Crippen LogP contribution is 2.39. The van der Waals surface area contributed by atoms with Crippen LogP contribution in [0.3, 0.4) is 0 Å². The predicted octanol–water partition coefficient (Wildman–Crippen LogP) is 3.93. The number of ether oxygens (including phenoxy) is 2. The minimum atomic E-state index is -4.60. The zero-order valence-corrected chi connectivity index (χ0v) is 19.2. The van der Waals surface area contributed by atoms with Gasteiger partial charge in [0.15, 0.2) is 5.75 Å². The highest BCUT2D eigenvalue weighted by Gasteiger charge is 2.53. The zero-order chi connectivity index (χ0) is 25.9. The molecule has 2 heterocycles. The van der Waals surface area contributed by atoms with Crippen LogP contribution in [0.4, 0.5) is 35.2 Å². The van der Waals surface area contributed by atoms with E-state index in [1.165, 1.54) is 68.2 Å². The molecule has 0 saturated heterocycles. The molecular formula is C23H21F3N6O4. The Labute approximate surface area is 203 Å². The summed E-state index contributed by atoms with van der Waals surface area (Å²) in [4.78, 5) is 38.2. The maximum absolute atomic E-state index is 13.5. The molecule has 36 heavy (non-hydrogen) atoms. The number of carbonyl (C=O) groups excluding carboxylic acids is 2. The molecule has 2 N–H and O–H groups in total. The van der Waals surface area contributed by atoms with Gasteiger partial charge in [-0.1, -0.05) is 0 Å². The number of nitrogens with one attached hydrogen (secondary N) is 2. The Balaban J connectivity index is 1.43. The molecule has 0 bridgehead atoms. The first-order chi connectivity index (χ1) is 17.1. The van der Waals surface area contributed by atoms with Gasteiger partial charge in [0.25, 0.3) is 5.91 Å². The lowest BCUT2D eigenvalue weighted by atomic mass is 10.1. The molecule has 3 aromatic rings. The van der Waals surface area contributed by atoms with Gasteiger partial charge in [-0.25, -0.2) is 19.7 Å². The molecule has 0 atom stereocenters. The van der Waals surface area contributed by atoms with Gasteiger partial charge in [-0.3, -0.25) is 9.69 Å². The summed E-state index contributed by atoms with van der Waals surface area (Å²) < 4.78 is 50.3. The highest BCUT2D eigenvalue weighted by atomic mass is 19.4. The van der Waals surface area contributed by atoms with E-state index in [0.717, 1.165) is 6.07 Å². The van der Waals surface area contributed by atoms with Crippen molar-refractivity contribution in [3.63, 3.8) is 0 Å². The standard InChI is InChI=1S/C23H21F3N6O4/c1-32(20(33)22(7-8-22)31-21(34)36-16-11-27-13-28-12-16)19-6-3-14(10-29-19)30-18-5-4-15(35-2)9-17(18)23(24,25)26/h3-6,9-13,30H,7-8H2,1-2H3,(H,31,34). The number of methoxy groups -OCH3 is 1. The summed E-state index contributed by atoms with van der Waals surface area (Å²) in [5.74, 6) is 0.0349. The van der Waals surface area contributed by atoms with E-state index in [2.05, 4.69) is 25.6 Å². The summed E-state index contributed by atoms with van der Waals surface area (Å²) in [6.07, 6.45) is 0.605. The number of hydrogen-bond acceptors (Lipinski definition) is 8. The van der Waals surface area contributed by atoms with E-state index >= 15 is 0 Å². The van der Waals surface area contributed by atoms with E-state index in [4.69, 9.17) is 9.47 Å². The number of pyridine rings is 1. The molecule has 13 heteroatoms. The maximum atomic E-state index is 13.5. The fourth-order valence-corrected chi connectivity index (χ4v) is 3.42. The van der Waals surface area contributed by atoms with E-state index in [1.54, 1.807) is 0 Å². The van der Waals surface area contributed by atoms with Gasteiger partial charge < -0.3 is 20.1 Å². The number of nitrogens with zero attached hydrogens (tertiary/aromatic N) is 4. The number of amides is 2. The monoisotopic (exact) mass is 502 g/mol. The van der Waals surface area contributed by atoms with Crippen LogP contribution in [-0.4, -0.2) is 46.6 Å². The SMILES string of the molecule is COc1ccc(Nc2ccc(N(C)C(=O)C3(NC(=O)Oc4cncnc4)CC3)nc2)c(C(F)(F)F)c1. The van der Waals surface area contributed by atoms with Crippen molar-refractivity contribution in [1.29, 1.82) is 0 Å². The third-order valence-corrected chi connectivity index (χ3v) is 5.46. The third-order valence-electron chi connectivity index (χ3n) is 5.46. The summed E-state index contributed by atoms with van der Waals surface area (Å²) in [7, 11) is 2.77. The Morgan fingerprint density at radius 2 is 1.78 bits per heavy atom. The van der Waals surface area contributed by atoms with Crippen LogP contribution in [0.5, 0.6) is 11.5 Å². The fraction of sp³-hybridized carbons (Fsp3) is 0.261. The Bertz CT molecular complexity index is 1250. The van der Waals surface area contributed by atoms with Crippen LogP contribution >= 0.6 is 0 Å². The number of rotatable bonds is 7. The van der Waals surface area contributed by atoms with Crippen LogP contribution in [0, 0.1) is 0 Å². The van der Waals surface area contributed by atoms with E-state index in [1.807, 2.05) is 0 Å². The third kappa shape index (κ3) is 5.45. The summed E-state index contributed by atoms with van der Waals surface area (Å²) in [6.45, 7) is 0. The molecular weight excluding hydrogens is 481 g/mol. The number of anilines is 3. The van der Waals surface area contributed by atoms with Crippen molar-refractivity contribution < 1.29 is 32.2 Å². The number of benzene rings is 1. The molecule has 0 radical (unpaired) electrons. The van der Waals surface area contributed by atoms with Gasteiger partial charge in [-0.2, -0.15) is 13.2 Å². The lowest BCUT2D eigenvalue weighted by molar-refractivity contribution is -0.137. The topological polar surface area (TPSA) is 119 Å². The van der Waals surface area contributed by atoms with Gasteiger partial charge in [-0.15, -0.1) is 0 Å². The van der Waals surface area contributed by atoms with Gasteiger partial charge in [0.2, 0.25) is 0 Å². The number of hydrogen-bond donors (Lipinski definition) is 2. The van der Waals surface area contributed by atoms with Crippen molar-refractivity contribution in [2.75, 3.05) is 24.4 Å².